The van der Waals surface area contributed by atoms with Gasteiger partial charge in [0.25, 0.3) is 0 Å². The Morgan fingerprint density at radius 2 is 2.37 bits per heavy atom. The van der Waals surface area contributed by atoms with E-state index in [0.29, 0.717) is 18.4 Å². The number of pyridine rings is 1. The summed E-state index contributed by atoms with van der Waals surface area (Å²) in [7, 11) is 0. The van der Waals surface area contributed by atoms with E-state index in [0.717, 1.165) is 36.8 Å². The number of hydrogen-bond acceptors (Lipinski definition) is 2. The average molecular weight is 257 g/mol. The van der Waals surface area contributed by atoms with Crippen LogP contribution in [0.25, 0.3) is 11.0 Å². The molecule has 0 aliphatic carbocycles. The highest BCUT2D eigenvalue weighted by Crippen LogP contribution is 2.25. The average Bonchev–Trinajstić information content (AvgIpc) is 2.98. The van der Waals surface area contributed by atoms with Crippen LogP contribution in [0.15, 0.2) is 24.5 Å². The summed E-state index contributed by atoms with van der Waals surface area (Å²) in [6.45, 7) is 3.79. The molecule has 4 heteroatoms. The third-order valence-corrected chi connectivity index (χ3v) is 3.90. The Morgan fingerprint density at radius 3 is 3.21 bits per heavy atom. The van der Waals surface area contributed by atoms with Crippen LogP contribution in [0, 0.1) is 5.92 Å². The third-order valence-electron chi connectivity index (χ3n) is 3.90. The van der Waals surface area contributed by atoms with Gasteiger partial charge in [0.2, 0.25) is 5.91 Å². The molecule has 2 aromatic heterocycles. The second kappa shape index (κ2) is 5.03. The van der Waals surface area contributed by atoms with Crippen LogP contribution in [0.5, 0.6) is 0 Å². The molecule has 1 fully saturated rings. The van der Waals surface area contributed by atoms with E-state index in [9.17, 15) is 4.79 Å². The molecule has 100 valence electrons. The van der Waals surface area contributed by atoms with Gasteiger partial charge in [0.05, 0.1) is 0 Å². The summed E-state index contributed by atoms with van der Waals surface area (Å²) < 4.78 is 0. The number of rotatable bonds is 4. The number of amides is 1. The molecule has 1 aliphatic heterocycles. The Kier molecular flexibility index (Phi) is 3.23. The number of carbonyl (C=O) groups is 1. The van der Waals surface area contributed by atoms with Gasteiger partial charge in [-0.25, -0.2) is 4.98 Å². The van der Waals surface area contributed by atoms with Crippen LogP contribution in [0.3, 0.4) is 0 Å². The number of aromatic amines is 1. The fraction of sp³-hybridized carbons (Fsp3) is 0.467. The molecule has 0 spiro atoms. The van der Waals surface area contributed by atoms with Crippen molar-refractivity contribution < 1.29 is 4.79 Å². The number of fused-ring (bicyclic) bond motifs is 1. The minimum atomic E-state index is 0.291. The molecular formula is C15H19N3O. The summed E-state index contributed by atoms with van der Waals surface area (Å²) >= 11 is 0. The minimum absolute atomic E-state index is 0.291. The van der Waals surface area contributed by atoms with Gasteiger partial charge in [-0.15, -0.1) is 0 Å². The molecule has 3 heterocycles. The largest absolute Gasteiger partial charge is 0.346 e. The molecule has 1 aliphatic rings. The molecule has 0 bridgehead atoms. The molecule has 1 atom stereocenters. The van der Waals surface area contributed by atoms with E-state index in [4.69, 9.17) is 0 Å². The molecule has 0 saturated carbocycles. The van der Waals surface area contributed by atoms with E-state index in [1.807, 2.05) is 23.2 Å². The van der Waals surface area contributed by atoms with Gasteiger partial charge in [0.1, 0.15) is 5.65 Å². The van der Waals surface area contributed by atoms with Crippen LogP contribution in [-0.2, 0) is 11.3 Å². The quantitative estimate of drug-likeness (QED) is 0.915. The van der Waals surface area contributed by atoms with Gasteiger partial charge < -0.3 is 9.88 Å². The summed E-state index contributed by atoms with van der Waals surface area (Å²) in [6.07, 6.45) is 6.72. The lowest BCUT2D eigenvalue weighted by Crippen LogP contribution is -2.24. The summed E-state index contributed by atoms with van der Waals surface area (Å²) in [5.74, 6) is 0.833. The van der Waals surface area contributed by atoms with Gasteiger partial charge in [-0.3, -0.25) is 4.79 Å². The van der Waals surface area contributed by atoms with Gasteiger partial charge in [0.15, 0.2) is 0 Å². The molecule has 4 nitrogen and oxygen atoms in total. The minimum Gasteiger partial charge on any atom is -0.346 e. The van der Waals surface area contributed by atoms with E-state index in [1.165, 1.54) is 5.56 Å². The van der Waals surface area contributed by atoms with Crippen molar-refractivity contribution in [2.45, 2.75) is 32.7 Å². The highest BCUT2D eigenvalue weighted by Gasteiger charge is 2.28. The SMILES string of the molecule is CCCC1CC(=O)N(Cc2ccnc3[nH]ccc23)C1. The second-order valence-electron chi connectivity index (χ2n) is 5.34. The summed E-state index contributed by atoms with van der Waals surface area (Å²) in [4.78, 5) is 21.4. The molecule has 1 saturated heterocycles. The van der Waals surface area contributed by atoms with Crippen molar-refractivity contribution in [2.24, 2.45) is 5.92 Å². The van der Waals surface area contributed by atoms with E-state index in [-0.39, 0.29) is 0 Å². The lowest BCUT2D eigenvalue weighted by Gasteiger charge is -2.17. The van der Waals surface area contributed by atoms with Crippen LogP contribution in [-0.4, -0.2) is 27.3 Å². The highest BCUT2D eigenvalue weighted by atomic mass is 16.2. The van der Waals surface area contributed by atoms with Gasteiger partial charge in [-0.2, -0.15) is 0 Å². The third kappa shape index (κ3) is 2.35. The fourth-order valence-corrected chi connectivity index (χ4v) is 2.97. The van der Waals surface area contributed by atoms with Crippen molar-refractivity contribution in [3.63, 3.8) is 0 Å². The van der Waals surface area contributed by atoms with Gasteiger partial charge >= 0.3 is 0 Å². The standard InChI is InChI=1S/C15H19N3O/c1-2-3-11-8-14(19)18(9-11)10-12-4-6-16-15-13(12)5-7-17-15/h4-7,11H,2-3,8-10H2,1H3,(H,16,17). The maximum atomic E-state index is 12.0. The van der Waals surface area contributed by atoms with Gasteiger partial charge in [-0.05, 0) is 30.0 Å². The lowest BCUT2D eigenvalue weighted by molar-refractivity contribution is -0.128. The molecule has 0 aromatic carbocycles. The molecule has 19 heavy (non-hydrogen) atoms. The van der Waals surface area contributed by atoms with Crippen molar-refractivity contribution in [2.75, 3.05) is 6.54 Å². The Bertz CT molecular complexity index is 590. The molecule has 1 unspecified atom stereocenters. The normalized spacial score (nSPS) is 19.5. The van der Waals surface area contributed by atoms with Crippen molar-refractivity contribution in [3.05, 3.63) is 30.1 Å². The number of carbonyl (C=O) groups excluding carboxylic acids is 1. The molecule has 3 rings (SSSR count). The van der Waals surface area contributed by atoms with Crippen LogP contribution in [0.2, 0.25) is 0 Å². The summed E-state index contributed by atoms with van der Waals surface area (Å²) in [5.41, 5.74) is 2.08. The number of nitrogens with zero attached hydrogens (tertiary/aromatic N) is 2. The number of aromatic nitrogens is 2. The van der Waals surface area contributed by atoms with Crippen molar-refractivity contribution in [3.8, 4) is 0 Å². The molecular weight excluding hydrogens is 238 g/mol. The molecule has 0 radical (unpaired) electrons. The smallest absolute Gasteiger partial charge is 0.223 e. The highest BCUT2D eigenvalue weighted by molar-refractivity contribution is 5.81. The van der Waals surface area contributed by atoms with Crippen LogP contribution >= 0.6 is 0 Å². The zero-order valence-corrected chi connectivity index (χ0v) is 11.2. The molecule has 1 amide bonds. The summed E-state index contributed by atoms with van der Waals surface area (Å²) in [5, 5.41) is 1.12. The first-order valence-electron chi connectivity index (χ1n) is 6.96. The van der Waals surface area contributed by atoms with E-state index < -0.39 is 0 Å². The van der Waals surface area contributed by atoms with E-state index in [2.05, 4.69) is 16.9 Å². The monoisotopic (exact) mass is 257 g/mol. The molecule has 1 N–H and O–H groups in total. The zero-order valence-electron chi connectivity index (χ0n) is 11.2. The molecule has 2 aromatic rings. The number of H-pyrrole nitrogens is 1. The van der Waals surface area contributed by atoms with Crippen LogP contribution in [0.4, 0.5) is 0 Å². The topological polar surface area (TPSA) is 49.0 Å². The Balaban J connectivity index is 1.78. The van der Waals surface area contributed by atoms with Crippen molar-refractivity contribution >= 4 is 16.9 Å². The number of hydrogen-bond donors (Lipinski definition) is 1. The van der Waals surface area contributed by atoms with E-state index in [1.54, 1.807) is 6.20 Å². The Morgan fingerprint density at radius 1 is 1.47 bits per heavy atom. The maximum absolute atomic E-state index is 12.0. The Hall–Kier alpha value is -1.84. The van der Waals surface area contributed by atoms with Crippen molar-refractivity contribution in [1.29, 1.82) is 0 Å². The van der Waals surface area contributed by atoms with E-state index >= 15 is 0 Å². The predicted octanol–water partition coefficient (Wildman–Crippen LogP) is 2.71. The lowest BCUT2D eigenvalue weighted by atomic mass is 10.0. The van der Waals surface area contributed by atoms with Crippen LogP contribution < -0.4 is 0 Å². The summed E-state index contributed by atoms with van der Waals surface area (Å²) in [6, 6.07) is 4.04. The predicted molar refractivity (Wildman–Crippen MR) is 74.5 cm³/mol. The number of likely N-dealkylation sites (tertiary alicyclic amines) is 1. The first-order valence-corrected chi connectivity index (χ1v) is 6.96. The fourth-order valence-electron chi connectivity index (χ4n) is 2.97. The van der Waals surface area contributed by atoms with Gasteiger partial charge in [-0.1, -0.05) is 13.3 Å². The van der Waals surface area contributed by atoms with Crippen LogP contribution in [0.1, 0.15) is 31.7 Å². The Labute approximate surface area is 112 Å². The second-order valence-corrected chi connectivity index (χ2v) is 5.34. The first kappa shape index (κ1) is 12.2. The maximum Gasteiger partial charge on any atom is 0.223 e. The zero-order chi connectivity index (χ0) is 13.2. The van der Waals surface area contributed by atoms with Crippen molar-refractivity contribution in [1.82, 2.24) is 14.9 Å². The first-order chi connectivity index (χ1) is 9.28. The number of nitrogens with one attached hydrogen (secondary N) is 1. The van der Waals surface area contributed by atoms with Gasteiger partial charge in [0, 0.05) is 37.3 Å².